The molecule has 7 heteroatoms. The lowest BCUT2D eigenvalue weighted by atomic mass is 10.1. The number of hydrogen-bond donors (Lipinski definition) is 3. The van der Waals surface area contributed by atoms with Crippen molar-refractivity contribution in [2.45, 2.75) is 32.4 Å². The monoisotopic (exact) mass is 309 g/mol. The Kier molecular flexibility index (Phi) is 5.62. The number of nitrogens with two attached hydrogens (primary N) is 1. The summed E-state index contributed by atoms with van der Waals surface area (Å²) in [5, 5.41) is 10.2. The molecule has 0 saturated heterocycles. The molecule has 1 aromatic rings. The van der Waals surface area contributed by atoms with Gasteiger partial charge in [-0.15, -0.1) is 0 Å². The molecule has 0 aliphatic rings. The molecule has 1 atom stereocenters. The second-order valence-electron chi connectivity index (χ2n) is 5.65. The number of carbonyl (C=O) groups excluding carboxylic acids is 1. The SMILES string of the molecule is COc1ccc(C(NC(=O)OC(C)(C)C)C(=N)N)cc1OC. The highest BCUT2D eigenvalue weighted by Crippen LogP contribution is 2.30. The van der Waals surface area contributed by atoms with Crippen LogP contribution in [0.15, 0.2) is 18.2 Å². The summed E-state index contributed by atoms with van der Waals surface area (Å²) < 4.78 is 15.6. The van der Waals surface area contributed by atoms with Crippen LogP contribution >= 0.6 is 0 Å². The fraction of sp³-hybridized carbons (Fsp3) is 0.467. The minimum Gasteiger partial charge on any atom is -0.493 e. The maximum Gasteiger partial charge on any atom is 0.408 e. The lowest BCUT2D eigenvalue weighted by Crippen LogP contribution is -2.40. The maximum atomic E-state index is 11.9. The Bertz CT molecular complexity index is 552. The summed E-state index contributed by atoms with van der Waals surface area (Å²) >= 11 is 0. The van der Waals surface area contributed by atoms with E-state index in [0.717, 1.165) is 0 Å². The van der Waals surface area contributed by atoms with Crippen molar-refractivity contribution < 1.29 is 19.0 Å². The van der Waals surface area contributed by atoms with Crippen molar-refractivity contribution in [2.75, 3.05) is 14.2 Å². The van der Waals surface area contributed by atoms with Crippen LogP contribution in [-0.2, 0) is 4.74 Å². The van der Waals surface area contributed by atoms with E-state index in [0.29, 0.717) is 17.1 Å². The summed E-state index contributed by atoms with van der Waals surface area (Å²) in [6.07, 6.45) is -0.650. The standard InChI is InChI=1S/C15H23N3O4/c1-15(2,3)22-14(19)18-12(13(16)17)9-6-7-10(20-4)11(8-9)21-5/h6-8,12H,1-5H3,(H3,16,17)(H,18,19). The van der Waals surface area contributed by atoms with E-state index in [1.165, 1.54) is 14.2 Å². The van der Waals surface area contributed by atoms with Crippen molar-refractivity contribution in [1.29, 1.82) is 5.41 Å². The van der Waals surface area contributed by atoms with Gasteiger partial charge in [-0.2, -0.15) is 0 Å². The van der Waals surface area contributed by atoms with Crippen LogP contribution in [0.25, 0.3) is 0 Å². The van der Waals surface area contributed by atoms with Gasteiger partial charge in [0.15, 0.2) is 11.5 Å². The highest BCUT2D eigenvalue weighted by atomic mass is 16.6. The first-order chi connectivity index (χ1) is 10.2. The van der Waals surface area contributed by atoms with Gasteiger partial charge in [0.2, 0.25) is 0 Å². The molecule has 7 nitrogen and oxygen atoms in total. The van der Waals surface area contributed by atoms with Crippen molar-refractivity contribution in [3.63, 3.8) is 0 Å². The minimum atomic E-state index is -0.811. The third-order valence-electron chi connectivity index (χ3n) is 2.71. The summed E-state index contributed by atoms with van der Waals surface area (Å²) in [5.74, 6) is 0.820. The summed E-state index contributed by atoms with van der Waals surface area (Å²) in [4.78, 5) is 11.9. The first kappa shape index (κ1) is 17.6. The number of carbonyl (C=O) groups is 1. The summed E-state index contributed by atoms with van der Waals surface area (Å²) in [7, 11) is 3.03. The molecule has 0 aromatic heterocycles. The van der Waals surface area contributed by atoms with Gasteiger partial charge in [0.25, 0.3) is 0 Å². The Morgan fingerprint density at radius 2 is 1.82 bits per heavy atom. The molecule has 0 aliphatic carbocycles. The molecule has 1 amide bonds. The van der Waals surface area contributed by atoms with E-state index in [1.807, 2.05) is 0 Å². The Morgan fingerprint density at radius 1 is 1.23 bits per heavy atom. The first-order valence-corrected chi connectivity index (χ1v) is 6.73. The van der Waals surface area contributed by atoms with Gasteiger partial charge in [0.1, 0.15) is 17.5 Å². The average molecular weight is 309 g/mol. The van der Waals surface area contributed by atoms with E-state index >= 15 is 0 Å². The van der Waals surface area contributed by atoms with Gasteiger partial charge in [-0.1, -0.05) is 6.07 Å². The predicted octanol–water partition coefficient (Wildman–Crippen LogP) is 2.21. The normalized spacial score (nSPS) is 12.2. The summed E-state index contributed by atoms with van der Waals surface area (Å²) in [6.45, 7) is 5.27. The molecule has 1 aromatic carbocycles. The predicted molar refractivity (Wildman–Crippen MR) is 83.6 cm³/mol. The van der Waals surface area contributed by atoms with Crippen molar-refractivity contribution in [2.24, 2.45) is 5.73 Å². The molecule has 0 spiro atoms. The van der Waals surface area contributed by atoms with Crippen LogP contribution in [-0.4, -0.2) is 31.7 Å². The Balaban J connectivity index is 3.01. The van der Waals surface area contributed by atoms with E-state index in [-0.39, 0.29) is 5.84 Å². The molecule has 0 radical (unpaired) electrons. The number of nitrogens with one attached hydrogen (secondary N) is 2. The molecule has 22 heavy (non-hydrogen) atoms. The smallest absolute Gasteiger partial charge is 0.408 e. The number of amides is 1. The van der Waals surface area contributed by atoms with Crippen molar-refractivity contribution in [1.82, 2.24) is 5.32 Å². The molecular formula is C15H23N3O4. The zero-order valence-corrected chi connectivity index (χ0v) is 13.5. The number of amidine groups is 1. The van der Waals surface area contributed by atoms with Crippen LogP contribution in [0.3, 0.4) is 0 Å². The van der Waals surface area contributed by atoms with E-state index in [4.69, 9.17) is 25.4 Å². The van der Waals surface area contributed by atoms with Gasteiger partial charge in [-0.3, -0.25) is 5.41 Å². The molecule has 0 bridgehead atoms. The molecule has 1 unspecified atom stereocenters. The second-order valence-corrected chi connectivity index (χ2v) is 5.65. The third kappa shape index (κ3) is 4.83. The molecule has 122 valence electrons. The van der Waals surface area contributed by atoms with Gasteiger partial charge in [0, 0.05) is 0 Å². The van der Waals surface area contributed by atoms with Crippen molar-refractivity contribution in [3.8, 4) is 11.5 Å². The first-order valence-electron chi connectivity index (χ1n) is 6.73. The molecular weight excluding hydrogens is 286 g/mol. The maximum absolute atomic E-state index is 11.9. The largest absolute Gasteiger partial charge is 0.493 e. The Labute approximate surface area is 130 Å². The highest BCUT2D eigenvalue weighted by Gasteiger charge is 2.23. The lowest BCUT2D eigenvalue weighted by Gasteiger charge is -2.23. The number of hydrogen-bond acceptors (Lipinski definition) is 5. The zero-order chi connectivity index (χ0) is 16.9. The average Bonchev–Trinajstić information content (AvgIpc) is 2.41. The fourth-order valence-electron chi connectivity index (χ4n) is 1.80. The Morgan fingerprint density at radius 3 is 2.27 bits per heavy atom. The van der Waals surface area contributed by atoms with Gasteiger partial charge in [0.05, 0.1) is 14.2 Å². The lowest BCUT2D eigenvalue weighted by molar-refractivity contribution is 0.0517. The third-order valence-corrected chi connectivity index (χ3v) is 2.71. The highest BCUT2D eigenvalue weighted by molar-refractivity contribution is 5.87. The van der Waals surface area contributed by atoms with Crippen LogP contribution in [0, 0.1) is 5.41 Å². The van der Waals surface area contributed by atoms with E-state index < -0.39 is 17.7 Å². The number of methoxy groups -OCH3 is 2. The van der Waals surface area contributed by atoms with Gasteiger partial charge >= 0.3 is 6.09 Å². The molecule has 0 aliphatic heterocycles. The summed E-state index contributed by atoms with van der Waals surface area (Å²) in [5.41, 5.74) is 5.54. The van der Waals surface area contributed by atoms with Crippen LogP contribution in [0.2, 0.25) is 0 Å². The molecule has 0 fully saturated rings. The fourth-order valence-corrected chi connectivity index (χ4v) is 1.80. The number of benzene rings is 1. The topological polar surface area (TPSA) is 107 Å². The van der Waals surface area contributed by atoms with Crippen molar-refractivity contribution >= 4 is 11.9 Å². The minimum absolute atomic E-state index is 0.210. The van der Waals surface area contributed by atoms with Gasteiger partial charge < -0.3 is 25.3 Å². The summed E-state index contributed by atoms with van der Waals surface area (Å²) in [6, 6.07) is 4.23. The number of ether oxygens (including phenoxy) is 3. The molecule has 0 saturated carbocycles. The van der Waals surface area contributed by atoms with Crippen LogP contribution in [0.4, 0.5) is 4.79 Å². The number of alkyl carbamates (subject to hydrolysis) is 1. The van der Waals surface area contributed by atoms with Gasteiger partial charge in [-0.05, 0) is 38.5 Å². The number of rotatable bonds is 5. The Hall–Kier alpha value is -2.44. The molecule has 1 rings (SSSR count). The molecule has 4 N–H and O–H groups in total. The van der Waals surface area contributed by atoms with Crippen LogP contribution in [0.1, 0.15) is 32.4 Å². The quantitative estimate of drug-likeness (QED) is 0.571. The zero-order valence-electron chi connectivity index (χ0n) is 13.5. The van der Waals surface area contributed by atoms with E-state index in [1.54, 1.807) is 39.0 Å². The van der Waals surface area contributed by atoms with Crippen LogP contribution < -0.4 is 20.5 Å². The van der Waals surface area contributed by atoms with Crippen molar-refractivity contribution in [3.05, 3.63) is 23.8 Å². The van der Waals surface area contributed by atoms with E-state index in [2.05, 4.69) is 5.32 Å². The van der Waals surface area contributed by atoms with Crippen LogP contribution in [0.5, 0.6) is 11.5 Å². The van der Waals surface area contributed by atoms with Gasteiger partial charge in [-0.25, -0.2) is 4.79 Å². The molecule has 0 heterocycles. The second kappa shape index (κ2) is 7.02. The van der Waals surface area contributed by atoms with E-state index in [9.17, 15) is 4.79 Å².